The average Bonchev–Trinajstić information content (AvgIpc) is 2.41. The molecule has 0 radical (unpaired) electrons. The predicted octanol–water partition coefficient (Wildman–Crippen LogP) is 4.07. The molecule has 2 N–H and O–H groups in total. The van der Waals surface area contributed by atoms with Crippen molar-refractivity contribution in [1.82, 2.24) is 0 Å². The number of hydrogen-bond acceptors (Lipinski definition) is 2. The van der Waals surface area contributed by atoms with E-state index >= 15 is 0 Å². The Labute approximate surface area is 115 Å². The number of anilines is 1. The maximum Gasteiger partial charge on any atom is 0.337 e. The summed E-state index contributed by atoms with van der Waals surface area (Å²) in [5, 5.41) is 12.8. The topological polar surface area (TPSA) is 49.3 Å². The van der Waals surface area contributed by atoms with Crippen LogP contribution in [0.1, 0.15) is 54.9 Å². The molecule has 0 heterocycles. The van der Waals surface area contributed by atoms with Gasteiger partial charge in [-0.15, -0.1) is 0 Å². The molecule has 1 saturated carbocycles. The van der Waals surface area contributed by atoms with Crippen LogP contribution in [-0.2, 0) is 0 Å². The van der Waals surface area contributed by atoms with Crippen molar-refractivity contribution in [1.29, 1.82) is 0 Å². The highest BCUT2D eigenvalue weighted by Crippen LogP contribution is 2.31. The number of rotatable bonds is 4. The smallest absolute Gasteiger partial charge is 0.337 e. The summed E-state index contributed by atoms with van der Waals surface area (Å²) >= 11 is 0. The van der Waals surface area contributed by atoms with Gasteiger partial charge in [0.15, 0.2) is 0 Å². The van der Waals surface area contributed by atoms with E-state index in [4.69, 9.17) is 0 Å². The number of aromatic carboxylic acids is 1. The first kappa shape index (κ1) is 13.9. The fourth-order valence-corrected chi connectivity index (χ4v) is 3.11. The van der Waals surface area contributed by atoms with Crippen LogP contribution < -0.4 is 5.32 Å². The zero-order chi connectivity index (χ0) is 13.8. The van der Waals surface area contributed by atoms with Gasteiger partial charge >= 0.3 is 5.97 Å². The maximum absolute atomic E-state index is 11.3. The first-order chi connectivity index (χ1) is 9.13. The first-order valence-electron chi connectivity index (χ1n) is 7.23. The largest absolute Gasteiger partial charge is 0.478 e. The van der Waals surface area contributed by atoms with E-state index < -0.39 is 5.97 Å². The number of carbonyl (C=O) groups is 1. The van der Waals surface area contributed by atoms with Gasteiger partial charge in [-0.25, -0.2) is 4.79 Å². The van der Waals surface area contributed by atoms with Crippen molar-refractivity contribution >= 4 is 11.7 Å². The molecule has 19 heavy (non-hydrogen) atoms. The summed E-state index contributed by atoms with van der Waals surface area (Å²) in [5.74, 6) is -0.190. The maximum atomic E-state index is 11.3. The molecule has 3 heteroatoms. The van der Waals surface area contributed by atoms with Gasteiger partial charge in [-0.2, -0.15) is 0 Å². The summed E-state index contributed by atoms with van der Waals surface area (Å²) in [4.78, 5) is 11.3. The lowest BCUT2D eigenvalue weighted by atomic mass is 9.82. The average molecular weight is 261 g/mol. The zero-order valence-electron chi connectivity index (χ0n) is 11.8. The molecule has 0 amide bonds. The van der Waals surface area contributed by atoms with Crippen LogP contribution in [-0.4, -0.2) is 17.1 Å². The molecule has 0 spiro atoms. The Kier molecular flexibility index (Phi) is 4.46. The molecule has 2 atom stereocenters. The molecule has 2 rings (SSSR count). The normalized spacial score (nSPS) is 23.1. The van der Waals surface area contributed by atoms with Crippen molar-refractivity contribution in [3.8, 4) is 0 Å². The van der Waals surface area contributed by atoms with Crippen molar-refractivity contribution in [2.24, 2.45) is 5.92 Å². The second-order valence-electron chi connectivity index (χ2n) is 5.51. The van der Waals surface area contributed by atoms with Crippen molar-refractivity contribution in [2.45, 2.75) is 52.0 Å². The summed E-state index contributed by atoms with van der Waals surface area (Å²) in [7, 11) is 0. The molecule has 104 valence electrons. The molecule has 1 aliphatic carbocycles. The van der Waals surface area contributed by atoms with Gasteiger partial charge in [0.25, 0.3) is 0 Å². The van der Waals surface area contributed by atoms with E-state index in [0.717, 1.165) is 24.1 Å². The highest BCUT2D eigenvalue weighted by Gasteiger charge is 2.25. The van der Waals surface area contributed by atoms with Crippen molar-refractivity contribution in [2.75, 3.05) is 5.32 Å². The fourth-order valence-electron chi connectivity index (χ4n) is 3.11. The Morgan fingerprint density at radius 3 is 2.79 bits per heavy atom. The van der Waals surface area contributed by atoms with Gasteiger partial charge in [0.2, 0.25) is 0 Å². The molecule has 0 bridgehead atoms. The van der Waals surface area contributed by atoms with Gasteiger partial charge in [0, 0.05) is 6.04 Å². The predicted molar refractivity (Wildman–Crippen MR) is 77.8 cm³/mol. The number of carboxylic acid groups (broad SMARTS) is 1. The molecule has 1 aromatic carbocycles. The van der Waals surface area contributed by atoms with E-state index in [9.17, 15) is 9.90 Å². The molecule has 3 nitrogen and oxygen atoms in total. The highest BCUT2D eigenvalue weighted by molar-refractivity contribution is 5.95. The molecule has 0 aromatic heterocycles. The van der Waals surface area contributed by atoms with Gasteiger partial charge < -0.3 is 10.4 Å². The second-order valence-corrected chi connectivity index (χ2v) is 5.51. The highest BCUT2D eigenvalue weighted by atomic mass is 16.4. The quantitative estimate of drug-likeness (QED) is 0.858. The van der Waals surface area contributed by atoms with Crippen LogP contribution in [0.4, 0.5) is 5.69 Å². The van der Waals surface area contributed by atoms with Crippen LogP contribution in [0.25, 0.3) is 0 Å². The Morgan fingerprint density at radius 2 is 2.11 bits per heavy atom. The van der Waals surface area contributed by atoms with Crippen LogP contribution in [0.5, 0.6) is 0 Å². The molecular formula is C16H23NO2. The fraction of sp³-hybridized carbons (Fsp3) is 0.562. The summed E-state index contributed by atoms with van der Waals surface area (Å²) in [6.07, 6.45) is 6.10. The Bertz CT molecular complexity index is 456. The van der Waals surface area contributed by atoms with Crippen LogP contribution in [0.3, 0.4) is 0 Å². The minimum Gasteiger partial charge on any atom is -0.478 e. The summed E-state index contributed by atoms with van der Waals surface area (Å²) in [6.45, 7) is 4.19. The number of nitrogens with one attached hydrogen (secondary N) is 1. The number of benzene rings is 1. The van der Waals surface area contributed by atoms with Gasteiger partial charge in [0.05, 0.1) is 11.3 Å². The molecule has 1 aromatic rings. The molecular weight excluding hydrogens is 238 g/mol. The van der Waals surface area contributed by atoms with Gasteiger partial charge in [-0.3, -0.25) is 0 Å². The summed E-state index contributed by atoms with van der Waals surface area (Å²) in [6, 6.07) is 5.88. The summed E-state index contributed by atoms with van der Waals surface area (Å²) < 4.78 is 0. The van der Waals surface area contributed by atoms with E-state index in [1.54, 1.807) is 6.07 Å². The Hall–Kier alpha value is -1.51. The number of aryl methyl sites for hydroxylation is 1. The minimum atomic E-state index is -0.852. The monoisotopic (exact) mass is 261 g/mol. The Balaban J connectivity index is 2.24. The minimum absolute atomic E-state index is 0.389. The van der Waals surface area contributed by atoms with Crippen molar-refractivity contribution in [3.05, 3.63) is 29.3 Å². The lowest BCUT2D eigenvalue weighted by Crippen LogP contribution is -2.32. The molecule has 2 unspecified atom stereocenters. The number of para-hydroxylation sites is 1. The van der Waals surface area contributed by atoms with Gasteiger partial charge in [-0.1, -0.05) is 38.3 Å². The van der Waals surface area contributed by atoms with Crippen LogP contribution >= 0.6 is 0 Å². The van der Waals surface area contributed by atoms with Crippen LogP contribution in [0.15, 0.2) is 18.2 Å². The van der Waals surface area contributed by atoms with E-state index in [1.165, 1.54) is 19.3 Å². The molecule has 0 aliphatic heterocycles. The van der Waals surface area contributed by atoms with Gasteiger partial charge in [-0.05, 0) is 37.3 Å². The third kappa shape index (κ3) is 3.09. The summed E-state index contributed by atoms with van der Waals surface area (Å²) in [5.41, 5.74) is 2.21. The molecule has 1 aliphatic rings. The number of hydrogen-bond donors (Lipinski definition) is 2. The number of carboxylic acids is 1. The van der Waals surface area contributed by atoms with Crippen molar-refractivity contribution in [3.63, 3.8) is 0 Å². The van der Waals surface area contributed by atoms with Gasteiger partial charge in [0.1, 0.15) is 0 Å². The third-order valence-corrected chi connectivity index (χ3v) is 4.27. The molecule has 1 fully saturated rings. The third-order valence-electron chi connectivity index (χ3n) is 4.27. The molecule has 0 saturated heterocycles. The first-order valence-corrected chi connectivity index (χ1v) is 7.23. The van der Waals surface area contributed by atoms with Crippen LogP contribution in [0.2, 0.25) is 0 Å². The van der Waals surface area contributed by atoms with E-state index in [2.05, 4.69) is 12.2 Å². The lowest BCUT2D eigenvalue weighted by Gasteiger charge is -2.33. The van der Waals surface area contributed by atoms with E-state index in [-0.39, 0.29) is 0 Å². The standard InChI is InChI=1S/C16H23NO2/c1-3-12-8-4-5-10-14(12)17-15-11(2)7-6-9-13(15)16(18)19/h6-7,9,12,14,17H,3-5,8,10H2,1-2H3,(H,18,19). The lowest BCUT2D eigenvalue weighted by molar-refractivity contribution is 0.0697. The SMILES string of the molecule is CCC1CCCCC1Nc1c(C)cccc1C(=O)O. The van der Waals surface area contributed by atoms with E-state index in [0.29, 0.717) is 17.5 Å². The van der Waals surface area contributed by atoms with Crippen LogP contribution in [0, 0.1) is 12.8 Å². The second kappa shape index (κ2) is 6.09. The zero-order valence-corrected chi connectivity index (χ0v) is 11.8. The Morgan fingerprint density at radius 1 is 1.37 bits per heavy atom. The van der Waals surface area contributed by atoms with Crippen molar-refractivity contribution < 1.29 is 9.90 Å². The van der Waals surface area contributed by atoms with E-state index in [1.807, 2.05) is 19.1 Å².